The highest BCUT2D eigenvalue weighted by molar-refractivity contribution is 7.99. The van der Waals surface area contributed by atoms with Crippen LogP contribution in [0.4, 0.5) is 16.4 Å². The molecule has 3 aliphatic rings. The predicted octanol–water partition coefficient (Wildman–Crippen LogP) is 10.8. The number of carbonyl (C=O) groups excluding carboxylic acids is 2. The molecular weight excluding hydrogens is 615 g/mol. The molecule has 5 aromatic carbocycles. The Morgan fingerprint density at radius 2 is 1.15 bits per heavy atom. The van der Waals surface area contributed by atoms with Crippen LogP contribution in [0.25, 0.3) is 6.08 Å². The topological polar surface area (TPSA) is 37.4 Å². The number of hydrogen-bond acceptors (Lipinski definition) is 5. The second-order valence-electron chi connectivity index (χ2n) is 12.6. The van der Waals surface area contributed by atoms with Crippen LogP contribution in [0.5, 0.6) is 0 Å². The number of para-hydroxylation sites is 1. The van der Waals surface area contributed by atoms with E-state index >= 15 is 0 Å². The molecule has 1 aliphatic carbocycles. The van der Waals surface area contributed by atoms with Crippen LogP contribution in [0.1, 0.15) is 64.5 Å². The fraction of sp³-hybridized carbons (Fsp3) is 0.0952. The van der Waals surface area contributed by atoms with Crippen LogP contribution in [-0.4, -0.2) is 11.6 Å². The molecule has 1 aromatic heterocycles. The standard InChI is InChI=1S/C42H29NO2S2/c1-24-20-25(2)38(26(3)21-24)43-35-17-9-6-14-31(35)42(32-15-7-10-18-36(32)47-37-19-11-8-16-33(37)42)34-23-27(46-41(34)43)22-30-39(44)28-12-4-5-13-29(28)40(30)45/h4-23H,1-3H3. The maximum absolute atomic E-state index is 13.6. The molecule has 0 N–H and O–H groups in total. The summed E-state index contributed by atoms with van der Waals surface area (Å²) in [5.41, 5.74) is 11.4. The van der Waals surface area contributed by atoms with Crippen molar-refractivity contribution >= 4 is 57.1 Å². The number of benzene rings is 5. The molecule has 47 heavy (non-hydrogen) atoms. The Labute approximate surface area is 282 Å². The van der Waals surface area contributed by atoms with Crippen LogP contribution < -0.4 is 4.90 Å². The van der Waals surface area contributed by atoms with E-state index in [1.807, 2.05) is 30.0 Å². The third kappa shape index (κ3) is 3.87. The maximum Gasteiger partial charge on any atom is 0.197 e. The Kier molecular flexibility index (Phi) is 6.17. The fourth-order valence-corrected chi connectivity index (χ4v) is 10.4. The highest BCUT2D eigenvalue weighted by atomic mass is 32.2. The number of anilines is 3. The molecular formula is C42H29NO2S2. The van der Waals surface area contributed by atoms with Gasteiger partial charge in [-0.15, -0.1) is 11.3 Å². The highest BCUT2D eigenvalue weighted by Gasteiger charge is 2.51. The molecule has 0 amide bonds. The predicted molar refractivity (Wildman–Crippen MR) is 192 cm³/mol. The third-order valence-corrected chi connectivity index (χ3v) is 12.0. The molecule has 3 nitrogen and oxygen atoms in total. The number of allylic oxidation sites excluding steroid dienone is 1. The highest BCUT2D eigenvalue weighted by Crippen LogP contribution is 2.64. The third-order valence-electron chi connectivity index (χ3n) is 9.74. The monoisotopic (exact) mass is 643 g/mol. The van der Waals surface area contributed by atoms with Gasteiger partial charge in [0, 0.05) is 31.4 Å². The van der Waals surface area contributed by atoms with E-state index in [0.29, 0.717) is 11.1 Å². The van der Waals surface area contributed by atoms with Gasteiger partial charge in [-0.05, 0) is 78.9 Å². The van der Waals surface area contributed by atoms with Crippen molar-refractivity contribution in [3.8, 4) is 0 Å². The normalized spacial score (nSPS) is 15.2. The Hall–Kier alpha value is -4.97. The molecule has 0 atom stereocenters. The van der Waals surface area contributed by atoms with E-state index in [0.717, 1.165) is 26.8 Å². The Morgan fingerprint density at radius 3 is 1.77 bits per heavy atom. The van der Waals surface area contributed by atoms with E-state index in [1.165, 1.54) is 43.2 Å². The lowest BCUT2D eigenvalue weighted by atomic mass is 9.63. The lowest BCUT2D eigenvalue weighted by Gasteiger charge is -2.48. The van der Waals surface area contributed by atoms with Crippen LogP contribution in [0.15, 0.2) is 131 Å². The molecule has 9 rings (SSSR count). The average molecular weight is 644 g/mol. The lowest BCUT2D eigenvalue weighted by molar-refractivity contribution is 0.0990. The first kappa shape index (κ1) is 28.3. The molecule has 0 saturated carbocycles. The number of aryl methyl sites for hydroxylation is 3. The smallest absolute Gasteiger partial charge is 0.197 e. The van der Waals surface area contributed by atoms with Gasteiger partial charge in [0.1, 0.15) is 5.00 Å². The van der Waals surface area contributed by atoms with Crippen LogP contribution >= 0.6 is 23.1 Å². The number of nitrogens with zero attached hydrogens (tertiary/aromatic N) is 1. The van der Waals surface area contributed by atoms with E-state index in [2.05, 4.69) is 117 Å². The molecule has 0 saturated heterocycles. The first-order valence-corrected chi connectivity index (χ1v) is 17.4. The number of ketones is 2. The van der Waals surface area contributed by atoms with Gasteiger partial charge in [-0.2, -0.15) is 0 Å². The first-order valence-electron chi connectivity index (χ1n) is 15.8. The zero-order valence-corrected chi connectivity index (χ0v) is 27.8. The molecule has 0 unspecified atom stereocenters. The second-order valence-corrected chi connectivity index (χ2v) is 14.7. The van der Waals surface area contributed by atoms with Gasteiger partial charge >= 0.3 is 0 Å². The zero-order valence-electron chi connectivity index (χ0n) is 26.1. The van der Waals surface area contributed by atoms with Crippen LogP contribution in [0.3, 0.4) is 0 Å². The summed E-state index contributed by atoms with van der Waals surface area (Å²) in [7, 11) is 0. The summed E-state index contributed by atoms with van der Waals surface area (Å²) in [6.45, 7) is 6.52. The Morgan fingerprint density at radius 1 is 0.617 bits per heavy atom. The van der Waals surface area contributed by atoms with Crippen molar-refractivity contribution in [1.29, 1.82) is 0 Å². The quantitative estimate of drug-likeness (QED) is 0.139. The largest absolute Gasteiger partial charge is 0.301 e. The molecule has 1 spiro atoms. The SMILES string of the molecule is Cc1cc(C)c(N2c3ccccc3C3(c4ccccc4Sc4ccccc43)c3cc(C=C4C(=O)c5ccccc5C4=O)sc32)c(C)c1. The molecule has 2 aliphatic heterocycles. The van der Waals surface area contributed by atoms with Crippen molar-refractivity contribution in [1.82, 2.24) is 0 Å². The molecule has 0 radical (unpaired) electrons. The first-order chi connectivity index (χ1) is 22.9. The van der Waals surface area contributed by atoms with E-state index in [1.54, 1.807) is 23.5 Å². The minimum Gasteiger partial charge on any atom is -0.301 e. The summed E-state index contributed by atoms with van der Waals surface area (Å²) in [4.78, 5) is 32.9. The molecule has 5 heteroatoms. The van der Waals surface area contributed by atoms with Gasteiger partial charge in [-0.3, -0.25) is 9.59 Å². The number of fused-ring (bicyclic) bond motifs is 9. The number of thiophene rings is 1. The van der Waals surface area contributed by atoms with Crippen LogP contribution in [0.2, 0.25) is 0 Å². The molecule has 0 fully saturated rings. The molecule has 6 aromatic rings. The zero-order chi connectivity index (χ0) is 32.0. The van der Waals surface area contributed by atoms with Gasteiger partial charge in [0.25, 0.3) is 0 Å². The van der Waals surface area contributed by atoms with Crippen molar-refractivity contribution < 1.29 is 9.59 Å². The number of carbonyl (C=O) groups is 2. The van der Waals surface area contributed by atoms with E-state index in [4.69, 9.17) is 0 Å². The Bertz CT molecular complexity index is 2270. The van der Waals surface area contributed by atoms with Gasteiger partial charge in [-0.25, -0.2) is 0 Å². The van der Waals surface area contributed by atoms with Gasteiger partial charge in [-0.1, -0.05) is 108 Å². The lowest BCUT2D eigenvalue weighted by Crippen LogP contribution is -2.39. The van der Waals surface area contributed by atoms with Crippen LogP contribution in [-0.2, 0) is 5.41 Å². The van der Waals surface area contributed by atoms with Crippen molar-refractivity contribution in [2.24, 2.45) is 0 Å². The summed E-state index contributed by atoms with van der Waals surface area (Å²) >= 11 is 3.47. The summed E-state index contributed by atoms with van der Waals surface area (Å²) in [5, 5.41) is 1.09. The molecule has 0 bridgehead atoms. The summed E-state index contributed by atoms with van der Waals surface area (Å²) in [6, 6.07) is 40.2. The maximum atomic E-state index is 13.6. The minimum absolute atomic E-state index is 0.207. The molecule has 226 valence electrons. The summed E-state index contributed by atoms with van der Waals surface area (Å²) < 4.78 is 0. The van der Waals surface area contributed by atoms with Crippen molar-refractivity contribution in [2.75, 3.05) is 4.90 Å². The van der Waals surface area contributed by atoms with Gasteiger partial charge in [0.2, 0.25) is 0 Å². The average Bonchev–Trinajstić information content (AvgIpc) is 3.60. The van der Waals surface area contributed by atoms with E-state index in [-0.39, 0.29) is 17.1 Å². The van der Waals surface area contributed by atoms with Gasteiger partial charge in [0.05, 0.1) is 22.4 Å². The molecule has 3 heterocycles. The van der Waals surface area contributed by atoms with E-state index in [9.17, 15) is 9.59 Å². The van der Waals surface area contributed by atoms with Crippen molar-refractivity contribution in [2.45, 2.75) is 36.0 Å². The number of rotatable bonds is 2. The number of hydrogen-bond donors (Lipinski definition) is 0. The van der Waals surface area contributed by atoms with E-state index < -0.39 is 5.41 Å². The van der Waals surface area contributed by atoms with Gasteiger partial charge < -0.3 is 4.90 Å². The van der Waals surface area contributed by atoms with Crippen LogP contribution in [0, 0.1) is 20.8 Å². The fourth-order valence-electron chi connectivity index (χ4n) is 8.01. The summed E-state index contributed by atoms with van der Waals surface area (Å²) in [6.07, 6.45) is 1.83. The van der Waals surface area contributed by atoms with Gasteiger partial charge in [0.15, 0.2) is 11.6 Å². The summed E-state index contributed by atoms with van der Waals surface area (Å²) in [5.74, 6) is -0.413. The second kappa shape index (κ2) is 10.3. The Balaban J connectivity index is 1.39. The van der Waals surface area contributed by atoms with Crippen molar-refractivity contribution in [3.63, 3.8) is 0 Å². The van der Waals surface area contributed by atoms with Crippen molar-refractivity contribution in [3.05, 3.63) is 176 Å². The minimum atomic E-state index is -0.604. The number of Topliss-reactive ketones (excluding diaryl/α,β-unsaturated/α-hetero) is 2.